The third kappa shape index (κ3) is 7.80. The van der Waals surface area contributed by atoms with Crippen LogP contribution in [-0.4, -0.2) is 60.8 Å². The SMILES string of the molecule is Cc1cccc(-c2nnc3n2-c2cc(Cl)ccc2NCC3C)n1.O=C(O)C(F)(F)F.O=C(O)C(F)(F)F. The molecule has 0 bridgehead atoms. The molecule has 0 aliphatic carbocycles. The number of aromatic nitrogens is 4. The van der Waals surface area contributed by atoms with Crippen LogP contribution in [-0.2, 0) is 9.59 Å². The molecule has 1 atom stereocenters. The molecule has 1 aliphatic rings. The van der Waals surface area contributed by atoms with Crippen LogP contribution in [0.1, 0.15) is 24.4 Å². The van der Waals surface area contributed by atoms with Crippen LogP contribution in [0.4, 0.5) is 32.0 Å². The summed E-state index contributed by atoms with van der Waals surface area (Å²) in [7, 11) is 0. The fourth-order valence-electron chi connectivity index (χ4n) is 2.88. The van der Waals surface area contributed by atoms with Gasteiger partial charge in [-0.15, -0.1) is 10.2 Å². The lowest BCUT2D eigenvalue weighted by Gasteiger charge is -2.12. The first-order chi connectivity index (χ1) is 17.0. The van der Waals surface area contributed by atoms with Crippen LogP contribution in [0.15, 0.2) is 36.4 Å². The Labute approximate surface area is 209 Å². The Balaban J connectivity index is 0.000000286. The maximum Gasteiger partial charge on any atom is 0.490 e. The quantitative estimate of drug-likeness (QED) is 0.355. The van der Waals surface area contributed by atoms with E-state index < -0.39 is 24.3 Å². The minimum Gasteiger partial charge on any atom is -0.475 e. The second kappa shape index (κ2) is 11.5. The van der Waals surface area contributed by atoms with Crippen molar-refractivity contribution in [1.29, 1.82) is 0 Å². The largest absolute Gasteiger partial charge is 0.490 e. The average molecular weight is 554 g/mol. The summed E-state index contributed by atoms with van der Waals surface area (Å²) in [6.07, 6.45) is -10.2. The maximum absolute atomic E-state index is 10.6. The third-order valence-electron chi connectivity index (χ3n) is 4.53. The predicted molar refractivity (Wildman–Crippen MR) is 119 cm³/mol. The summed E-state index contributed by atoms with van der Waals surface area (Å²) in [4.78, 5) is 22.4. The molecule has 9 nitrogen and oxygen atoms in total. The number of halogens is 7. The lowest BCUT2D eigenvalue weighted by Crippen LogP contribution is -2.21. The maximum atomic E-state index is 10.6. The summed E-state index contributed by atoms with van der Waals surface area (Å²) < 4.78 is 65.5. The predicted octanol–water partition coefficient (Wildman–Crippen LogP) is 5.09. The fraction of sp³-hybridized carbons (Fsp3) is 0.286. The van der Waals surface area contributed by atoms with Gasteiger partial charge in [0.1, 0.15) is 11.5 Å². The molecule has 1 unspecified atom stereocenters. The van der Waals surface area contributed by atoms with E-state index in [1.165, 1.54) is 0 Å². The molecular formula is C21H18ClF6N5O4. The second-order valence-corrected chi connectivity index (χ2v) is 7.87. The fourth-order valence-corrected chi connectivity index (χ4v) is 3.05. The molecule has 3 heterocycles. The van der Waals surface area contributed by atoms with Crippen LogP contribution < -0.4 is 5.32 Å². The van der Waals surface area contributed by atoms with Gasteiger partial charge >= 0.3 is 24.3 Å². The van der Waals surface area contributed by atoms with Crippen LogP contribution >= 0.6 is 11.6 Å². The molecule has 200 valence electrons. The van der Waals surface area contributed by atoms with Crippen LogP contribution in [0.5, 0.6) is 0 Å². The number of carboxylic acid groups (broad SMARTS) is 2. The van der Waals surface area contributed by atoms with Gasteiger partial charge < -0.3 is 15.5 Å². The highest BCUT2D eigenvalue weighted by molar-refractivity contribution is 6.30. The number of hydrogen-bond acceptors (Lipinski definition) is 6. The number of hydrogen-bond donors (Lipinski definition) is 3. The topological polar surface area (TPSA) is 130 Å². The molecule has 3 aromatic rings. The molecule has 1 aliphatic heterocycles. The van der Waals surface area contributed by atoms with Crippen LogP contribution in [0.3, 0.4) is 0 Å². The first-order valence-corrected chi connectivity index (χ1v) is 10.4. The van der Waals surface area contributed by atoms with Crippen LogP contribution in [0.2, 0.25) is 5.02 Å². The van der Waals surface area contributed by atoms with Crippen molar-refractivity contribution in [3.8, 4) is 17.2 Å². The van der Waals surface area contributed by atoms with Crippen LogP contribution in [0, 0.1) is 6.92 Å². The Bertz CT molecular complexity index is 1260. The number of carboxylic acids is 2. The van der Waals surface area contributed by atoms with E-state index in [2.05, 4.69) is 32.0 Å². The van der Waals surface area contributed by atoms with Crippen LogP contribution in [0.25, 0.3) is 17.2 Å². The van der Waals surface area contributed by atoms with Gasteiger partial charge in [-0.1, -0.05) is 24.6 Å². The zero-order valence-electron chi connectivity index (χ0n) is 18.9. The monoisotopic (exact) mass is 553 g/mol. The number of aliphatic carboxylic acids is 2. The number of rotatable bonds is 1. The molecule has 4 rings (SSSR count). The van der Waals surface area contributed by atoms with E-state index in [1.54, 1.807) is 0 Å². The van der Waals surface area contributed by atoms with Gasteiger partial charge in [-0.05, 0) is 37.3 Å². The Morgan fingerprint density at radius 2 is 1.59 bits per heavy atom. The number of alkyl halides is 6. The smallest absolute Gasteiger partial charge is 0.475 e. The lowest BCUT2D eigenvalue weighted by atomic mass is 10.1. The van der Waals surface area contributed by atoms with Gasteiger partial charge in [0.2, 0.25) is 0 Å². The van der Waals surface area contributed by atoms with Gasteiger partial charge in [0.15, 0.2) is 5.82 Å². The summed E-state index contributed by atoms with van der Waals surface area (Å²) >= 11 is 6.23. The number of fused-ring (bicyclic) bond motifs is 3. The molecule has 0 radical (unpaired) electrons. The minimum atomic E-state index is -5.08. The van der Waals surface area contributed by atoms with Crippen molar-refractivity contribution in [3.05, 3.63) is 52.9 Å². The molecule has 0 fully saturated rings. The molecular weight excluding hydrogens is 536 g/mol. The van der Waals surface area contributed by atoms with E-state index in [1.807, 2.05) is 43.3 Å². The van der Waals surface area contributed by atoms with E-state index in [0.717, 1.165) is 41.0 Å². The average Bonchev–Trinajstić information content (AvgIpc) is 3.17. The third-order valence-corrected chi connectivity index (χ3v) is 4.77. The summed E-state index contributed by atoms with van der Waals surface area (Å²) in [6, 6.07) is 11.7. The number of anilines is 1. The van der Waals surface area contributed by atoms with Crippen molar-refractivity contribution in [3.63, 3.8) is 0 Å². The standard InChI is InChI=1S/C17H16ClN5.2C2HF3O2/c1-10-9-19-13-7-6-12(18)8-15(13)23-16(10)21-22-17(23)14-5-3-4-11(2)20-14;2*3-2(4,5)1(6)7/h3-8,10,19H,9H2,1-2H3;2*(H,6,7). The summed E-state index contributed by atoms with van der Waals surface area (Å²) in [5, 5.41) is 27.2. The summed E-state index contributed by atoms with van der Waals surface area (Å²) in [5.74, 6) is -3.63. The van der Waals surface area contributed by atoms with Crippen molar-refractivity contribution in [1.82, 2.24) is 19.7 Å². The second-order valence-electron chi connectivity index (χ2n) is 7.43. The highest BCUT2D eigenvalue weighted by atomic mass is 35.5. The molecule has 2 aromatic heterocycles. The molecule has 16 heteroatoms. The van der Waals surface area contributed by atoms with Crippen molar-refractivity contribution < 1.29 is 46.1 Å². The van der Waals surface area contributed by atoms with E-state index in [-0.39, 0.29) is 5.92 Å². The zero-order valence-corrected chi connectivity index (χ0v) is 19.7. The Hall–Kier alpha value is -3.88. The molecule has 0 saturated carbocycles. The van der Waals surface area contributed by atoms with Crippen molar-refractivity contribution >= 4 is 29.2 Å². The van der Waals surface area contributed by atoms with Gasteiger partial charge in [-0.3, -0.25) is 4.57 Å². The van der Waals surface area contributed by atoms with Gasteiger partial charge in [0, 0.05) is 23.2 Å². The van der Waals surface area contributed by atoms with Gasteiger partial charge in [0.25, 0.3) is 0 Å². The number of nitrogens with zero attached hydrogens (tertiary/aromatic N) is 4. The number of benzene rings is 1. The van der Waals surface area contributed by atoms with Gasteiger partial charge in [0.05, 0.1) is 11.4 Å². The minimum absolute atomic E-state index is 0.229. The van der Waals surface area contributed by atoms with Crippen molar-refractivity contribution in [2.24, 2.45) is 0 Å². The van der Waals surface area contributed by atoms with E-state index >= 15 is 0 Å². The van der Waals surface area contributed by atoms with E-state index in [4.69, 9.17) is 31.4 Å². The first kappa shape index (κ1) is 29.4. The Kier molecular flexibility index (Phi) is 9.08. The Morgan fingerprint density at radius 3 is 2.11 bits per heavy atom. The summed E-state index contributed by atoms with van der Waals surface area (Å²) in [6.45, 7) is 4.90. The number of pyridine rings is 1. The Morgan fingerprint density at radius 1 is 1.03 bits per heavy atom. The highest BCUT2D eigenvalue weighted by Gasteiger charge is 2.38. The molecule has 37 heavy (non-hydrogen) atoms. The molecule has 0 spiro atoms. The normalized spacial score (nSPS) is 14.4. The van der Waals surface area contributed by atoms with E-state index in [9.17, 15) is 26.3 Å². The number of nitrogens with one attached hydrogen (secondary N) is 1. The zero-order chi connectivity index (χ0) is 28.1. The highest BCUT2D eigenvalue weighted by Crippen LogP contribution is 2.34. The molecule has 0 saturated heterocycles. The van der Waals surface area contributed by atoms with Gasteiger partial charge in [-0.2, -0.15) is 26.3 Å². The number of aryl methyl sites for hydroxylation is 1. The summed E-state index contributed by atoms with van der Waals surface area (Å²) in [5.41, 5.74) is 3.74. The van der Waals surface area contributed by atoms with E-state index in [0.29, 0.717) is 5.02 Å². The number of carbonyl (C=O) groups is 2. The van der Waals surface area contributed by atoms with Crippen molar-refractivity contribution in [2.45, 2.75) is 32.1 Å². The molecule has 3 N–H and O–H groups in total. The molecule has 1 aromatic carbocycles. The lowest BCUT2D eigenvalue weighted by molar-refractivity contribution is -0.193. The van der Waals surface area contributed by atoms with Gasteiger partial charge in [-0.25, -0.2) is 14.6 Å². The van der Waals surface area contributed by atoms with Crippen molar-refractivity contribution in [2.75, 3.05) is 11.9 Å². The molecule has 0 amide bonds. The first-order valence-electron chi connectivity index (χ1n) is 10.1.